The second kappa shape index (κ2) is 20.0. The van der Waals surface area contributed by atoms with Crippen LogP contribution in [0.2, 0.25) is 0 Å². The van der Waals surface area contributed by atoms with Crippen LogP contribution in [0, 0.1) is 23.7 Å². The van der Waals surface area contributed by atoms with Crippen molar-refractivity contribution in [1.29, 1.82) is 0 Å². The summed E-state index contributed by atoms with van der Waals surface area (Å²) in [6, 6.07) is 9.59. The summed E-state index contributed by atoms with van der Waals surface area (Å²) in [7, 11) is 5.04. The minimum absolute atomic E-state index is 0.000669. The molecule has 1 aromatic rings. The van der Waals surface area contributed by atoms with Gasteiger partial charge in [-0.05, 0) is 49.6 Å². The molecule has 2 rings (SSSR count). The Morgan fingerprint density at radius 1 is 1.06 bits per heavy atom. The van der Waals surface area contributed by atoms with Crippen molar-refractivity contribution < 1.29 is 23.9 Å². The average Bonchev–Trinajstić information content (AvgIpc) is 3.55. The van der Waals surface area contributed by atoms with Crippen LogP contribution in [0.1, 0.15) is 100.0 Å². The molecule has 11 heteroatoms. The van der Waals surface area contributed by atoms with Gasteiger partial charge in [0.1, 0.15) is 5.54 Å². The predicted octanol–water partition coefficient (Wildman–Crippen LogP) is 5.28. The molecule has 4 N–H and O–H groups in total. The Kier molecular flexibility index (Phi) is 17.5. The molecule has 4 amide bonds. The van der Waals surface area contributed by atoms with Crippen LogP contribution >= 0.6 is 11.8 Å². The van der Waals surface area contributed by atoms with Gasteiger partial charge in [-0.15, -0.1) is 11.8 Å². The first kappa shape index (κ1) is 44.5. The highest BCUT2D eigenvalue weighted by molar-refractivity contribution is 8.01. The van der Waals surface area contributed by atoms with Gasteiger partial charge in [-0.1, -0.05) is 99.1 Å². The number of rotatable bonds is 20. The highest BCUT2D eigenvalue weighted by Crippen LogP contribution is 2.38. The number of likely N-dealkylation sites (tertiary alicyclic amines) is 1. The summed E-state index contributed by atoms with van der Waals surface area (Å²) >= 11 is 1.76. The Hall–Kier alpha value is -2.63. The third-order valence-corrected chi connectivity index (χ3v) is 12.2. The number of methoxy groups -OCH3 is 1. The molecule has 290 valence electrons. The van der Waals surface area contributed by atoms with Crippen molar-refractivity contribution >= 4 is 35.4 Å². The van der Waals surface area contributed by atoms with E-state index in [0.717, 1.165) is 25.7 Å². The molecular weight excluding hydrogens is 663 g/mol. The fraction of sp³-hybridized carbons (Fsp3) is 0.750. The van der Waals surface area contributed by atoms with E-state index in [-0.39, 0.29) is 57.9 Å². The van der Waals surface area contributed by atoms with Crippen molar-refractivity contribution in [2.75, 3.05) is 34.3 Å². The SMILES string of the molecule is CCC(C)C(C(CC(=O)N1CCCC1C(CC(=O)NCCc1ccccc1)SC(C)(C)C)OC)N(C)C(=O)C(C(C)C)C(NC)(C(N)=O)C(C)C. The molecule has 1 fully saturated rings. The van der Waals surface area contributed by atoms with Crippen molar-refractivity contribution in [3.63, 3.8) is 0 Å². The van der Waals surface area contributed by atoms with E-state index in [1.807, 2.05) is 50.8 Å². The number of nitrogens with two attached hydrogens (primary N) is 1. The van der Waals surface area contributed by atoms with Gasteiger partial charge in [-0.3, -0.25) is 19.2 Å². The zero-order valence-electron chi connectivity index (χ0n) is 33.6. The molecule has 1 heterocycles. The van der Waals surface area contributed by atoms with E-state index in [9.17, 15) is 19.2 Å². The van der Waals surface area contributed by atoms with Crippen LogP contribution in [0.3, 0.4) is 0 Å². The fourth-order valence-electron chi connectivity index (χ4n) is 8.05. The number of carbonyl (C=O) groups excluding carboxylic acids is 4. The number of ether oxygens (including phenoxy) is 1. The van der Waals surface area contributed by atoms with Gasteiger partial charge in [0.25, 0.3) is 0 Å². The topological polar surface area (TPSA) is 134 Å². The van der Waals surface area contributed by atoms with Crippen molar-refractivity contribution in [3.8, 4) is 0 Å². The number of hydrogen-bond donors (Lipinski definition) is 3. The molecule has 10 nitrogen and oxygen atoms in total. The van der Waals surface area contributed by atoms with Gasteiger partial charge in [0.15, 0.2) is 0 Å². The van der Waals surface area contributed by atoms with Gasteiger partial charge in [0, 0.05) is 49.7 Å². The molecule has 0 spiro atoms. The van der Waals surface area contributed by atoms with Crippen LogP contribution in [-0.2, 0) is 30.3 Å². The molecule has 51 heavy (non-hydrogen) atoms. The number of primary amides is 1. The van der Waals surface area contributed by atoms with Gasteiger partial charge < -0.3 is 30.9 Å². The summed E-state index contributed by atoms with van der Waals surface area (Å²) in [6.45, 7) is 19.4. The molecule has 1 aliphatic rings. The predicted molar refractivity (Wildman–Crippen MR) is 209 cm³/mol. The Morgan fingerprint density at radius 3 is 2.18 bits per heavy atom. The third kappa shape index (κ3) is 11.7. The van der Waals surface area contributed by atoms with E-state index in [4.69, 9.17) is 10.5 Å². The lowest BCUT2D eigenvalue weighted by molar-refractivity contribution is -0.153. The Balaban J connectivity index is 2.34. The quantitative estimate of drug-likeness (QED) is 0.166. The van der Waals surface area contributed by atoms with E-state index in [1.165, 1.54) is 5.56 Å². The fourth-order valence-corrected chi connectivity index (χ4v) is 9.64. The number of nitrogens with one attached hydrogen (secondary N) is 2. The first-order chi connectivity index (χ1) is 23.9. The standard InChI is InChI=1S/C40H69N5O5S/c1-13-28(6)36(44(11)37(48)35(26(2)3)40(42-10,27(4)5)38(41)49)31(50-12)24-34(47)45-23-17-20-30(45)32(51-39(7,8)9)25-33(46)43-22-21-29-18-15-14-16-19-29/h14-16,18-19,26-28,30-32,35-36,42H,13,17,20-25H2,1-12H3,(H2,41,49)(H,43,46). The number of amides is 4. The minimum atomic E-state index is -1.26. The van der Waals surface area contributed by atoms with Crippen LogP contribution in [0.4, 0.5) is 0 Å². The Morgan fingerprint density at radius 2 is 1.69 bits per heavy atom. The lowest BCUT2D eigenvalue weighted by atomic mass is 9.69. The minimum Gasteiger partial charge on any atom is -0.379 e. The summed E-state index contributed by atoms with van der Waals surface area (Å²) in [4.78, 5) is 58.8. The first-order valence-electron chi connectivity index (χ1n) is 18.9. The van der Waals surface area contributed by atoms with Crippen LogP contribution < -0.4 is 16.4 Å². The highest BCUT2D eigenvalue weighted by atomic mass is 32.2. The monoisotopic (exact) mass is 732 g/mol. The molecule has 1 aliphatic heterocycles. The maximum absolute atomic E-state index is 14.5. The van der Waals surface area contributed by atoms with Crippen LogP contribution in [0.5, 0.6) is 0 Å². The number of benzene rings is 1. The first-order valence-corrected chi connectivity index (χ1v) is 19.8. The number of carbonyl (C=O) groups is 4. The third-order valence-electron chi connectivity index (χ3n) is 10.8. The largest absolute Gasteiger partial charge is 0.379 e. The van der Waals surface area contributed by atoms with Crippen LogP contribution in [-0.4, -0.2) is 101 Å². The zero-order valence-corrected chi connectivity index (χ0v) is 34.4. The zero-order chi connectivity index (χ0) is 38.7. The van der Waals surface area contributed by atoms with Gasteiger partial charge in [-0.25, -0.2) is 0 Å². The molecule has 7 atom stereocenters. The van der Waals surface area contributed by atoms with Gasteiger partial charge in [0.05, 0.1) is 24.5 Å². The van der Waals surface area contributed by atoms with E-state index in [0.29, 0.717) is 19.5 Å². The van der Waals surface area contributed by atoms with E-state index >= 15 is 0 Å². The molecule has 0 radical (unpaired) electrons. The van der Waals surface area contributed by atoms with Crippen LogP contribution in [0.15, 0.2) is 30.3 Å². The molecule has 0 bridgehead atoms. The van der Waals surface area contributed by atoms with E-state index < -0.39 is 29.5 Å². The van der Waals surface area contributed by atoms with E-state index in [1.54, 1.807) is 37.9 Å². The summed E-state index contributed by atoms with van der Waals surface area (Å²) in [5.74, 6) is -1.98. The van der Waals surface area contributed by atoms with Crippen molar-refractivity contribution in [2.45, 2.75) is 135 Å². The summed E-state index contributed by atoms with van der Waals surface area (Å²) in [5, 5.41) is 6.18. The molecule has 0 aliphatic carbocycles. The van der Waals surface area contributed by atoms with Gasteiger partial charge >= 0.3 is 0 Å². The second-order valence-electron chi connectivity index (χ2n) is 16.0. The molecular formula is C40H69N5O5S. The van der Waals surface area contributed by atoms with Gasteiger partial charge in [0.2, 0.25) is 23.6 Å². The molecule has 0 saturated carbocycles. The van der Waals surface area contributed by atoms with E-state index in [2.05, 4.69) is 57.4 Å². The lowest BCUT2D eigenvalue weighted by Crippen LogP contribution is -2.68. The average molecular weight is 732 g/mol. The number of hydrogen-bond acceptors (Lipinski definition) is 7. The highest BCUT2D eigenvalue weighted by Gasteiger charge is 2.52. The molecule has 1 saturated heterocycles. The second-order valence-corrected chi connectivity index (χ2v) is 18.1. The maximum Gasteiger partial charge on any atom is 0.238 e. The smallest absolute Gasteiger partial charge is 0.238 e. The Labute approximate surface area is 313 Å². The number of thioether (sulfide) groups is 1. The summed E-state index contributed by atoms with van der Waals surface area (Å²) in [5.41, 5.74) is 5.94. The van der Waals surface area contributed by atoms with Crippen molar-refractivity contribution in [1.82, 2.24) is 20.4 Å². The van der Waals surface area contributed by atoms with Crippen molar-refractivity contribution in [2.24, 2.45) is 29.4 Å². The number of nitrogens with zero attached hydrogens (tertiary/aromatic N) is 2. The molecule has 7 unspecified atom stereocenters. The van der Waals surface area contributed by atoms with Crippen LogP contribution in [0.25, 0.3) is 0 Å². The summed E-state index contributed by atoms with van der Waals surface area (Å²) in [6.07, 6.45) is 3.05. The van der Waals surface area contributed by atoms with Gasteiger partial charge in [-0.2, -0.15) is 0 Å². The molecule has 0 aromatic heterocycles. The lowest BCUT2D eigenvalue weighted by Gasteiger charge is -2.46. The Bertz CT molecular complexity index is 1270. The summed E-state index contributed by atoms with van der Waals surface area (Å²) < 4.78 is 5.98. The van der Waals surface area contributed by atoms with Crippen molar-refractivity contribution in [3.05, 3.63) is 35.9 Å². The number of likely N-dealkylation sites (N-methyl/N-ethyl adjacent to an activating group) is 2. The normalized spacial score (nSPS) is 19.3. The molecule has 1 aromatic carbocycles. The maximum atomic E-state index is 14.5.